The van der Waals surface area contributed by atoms with Gasteiger partial charge in [0, 0.05) is 24.0 Å². The van der Waals surface area contributed by atoms with Gasteiger partial charge in [-0.1, -0.05) is 12.2 Å². The molecule has 0 aromatic carbocycles. The van der Waals surface area contributed by atoms with Crippen LogP contribution in [0.4, 0.5) is 0 Å². The molecule has 0 saturated carbocycles. The maximum absolute atomic E-state index is 10.9. The SMILES string of the molecule is NC(=O)C1=Cc2cccn2CC=C1. The van der Waals surface area contributed by atoms with Crippen LogP contribution in [0.3, 0.4) is 0 Å². The number of fused-ring (bicyclic) bond motifs is 1. The highest BCUT2D eigenvalue weighted by Crippen LogP contribution is 2.13. The van der Waals surface area contributed by atoms with E-state index >= 15 is 0 Å². The lowest BCUT2D eigenvalue weighted by Crippen LogP contribution is -2.11. The maximum atomic E-state index is 10.9. The lowest BCUT2D eigenvalue weighted by Gasteiger charge is -1.98. The fourth-order valence-electron chi connectivity index (χ4n) is 1.38. The van der Waals surface area contributed by atoms with Crippen LogP contribution in [-0.4, -0.2) is 10.5 Å². The minimum atomic E-state index is -0.383. The van der Waals surface area contributed by atoms with Crippen LogP contribution in [0.15, 0.2) is 36.1 Å². The number of carbonyl (C=O) groups is 1. The maximum Gasteiger partial charge on any atom is 0.248 e. The van der Waals surface area contributed by atoms with Crippen LogP contribution in [0.25, 0.3) is 6.08 Å². The highest BCUT2D eigenvalue weighted by molar-refractivity contribution is 5.99. The first kappa shape index (κ1) is 7.86. The van der Waals surface area contributed by atoms with Gasteiger partial charge in [0.2, 0.25) is 5.91 Å². The van der Waals surface area contributed by atoms with Crippen molar-refractivity contribution in [3.8, 4) is 0 Å². The second kappa shape index (κ2) is 2.94. The van der Waals surface area contributed by atoms with Crippen molar-refractivity contribution in [3.05, 3.63) is 41.7 Å². The number of nitrogens with zero attached hydrogens (tertiary/aromatic N) is 1. The minimum absolute atomic E-state index is 0.383. The van der Waals surface area contributed by atoms with E-state index in [1.807, 2.05) is 29.0 Å². The first-order valence-electron chi connectivity index (χ1n) is 4.10. The highest BCUT2D eigenvalue weighted by atomic mass is 16.1. The molecule has 1 amide bonds. The van der Waals surface area contributed by atoms with Gasteiger partial charge < -0.3 is 10.3 Å². The van der Waals surface area contributed by atoms with Crippen LogP contribution in [0.1, 0.15) is 5.69 Å². The third-order valence-corrected chi connectivity index (χ3v) is 2.05. The molecule has 3 heteroatoms. The summed E-state index contributed by atoms with van der Waals surface area (Å²) >= 11 is 0. The van der Waals surface area contributed by atoms with E-state index < -0.39 is 0 Å². The highest BCUT2D eigenvalue weighted by Gasteiger charge is 2.06. The van der Waals surface area contributed by atoms with E-state index in [0.29, 0.717) is 5.57 Å². The number of allylic oxidation sites excluding steroid dienone is 1. The van der Waals surface area contributed by atoms with Gasteiger partial charge in [-0.25, -0.2) is 0 Å². The Balaban J connectivity index is 2.48. The van der Waals surface area contributed by atoms with Crippen LogP contribution in [0.5, 0.6) is 0 Å². The van der Waals surface area contributed by atoms with E-state index in [4.69, 9.17) is 5.73 Å². The summed E-state index contributed by atoms with van der Waals surface area (Å²) in [6.45, 7) is 0.787. The van der Waals surface area contributed by atoms with E-state index in [1.54, 1.807) is 12.2 Å². The summed E-state index contributed by atoms with van der Waals surface area (Å²) < 4.78 is 2.05. The summed E-state index contributed by atoms with van der Waals surface area (Å²) in [4.78, 5) is 10.9. The number of rotatable bonds is 1. The molecular weight excluding hydrogens is 164 g/mol. The van der Waals surface area contributed by atoms with Crippen molar-refractivity contribution >= 4 is 12.0 Å². The van der Waals surface area contributed by atoms with E-state index in [0.717, 1.165) is 12.2 Å². The number of hydrogen-bond acceptors (Lipinski definition) is 1. The molecule has 0 unspecified atom stereocenters. The average Bonchev–Trinajstić information content (AvgIpc) is 2.42. The summed E-state index contributed by atoms with van der Waals surface area (Å²) in [7, 11) is 0. The van der Waals surface area contributed by atoms with E-state index in [1.165, 1.54) is 0 Å². The fourth-order valence-corrected chi connectivity index (χ4v) is 1.38. The first-order chi connectivity index (χ1) is 6.27. The van der Waals surface area contributed by atoms with E-state index in [2.05, 4.69) is 0 Å². The zero-order valence-electron chi connectivity index (χ0n) is 7.10. The average molecular weight is 174 g/mol. The van der Waals surface area contributed by atoms with E-state index in [9.17, 15) is 4.79 Å². The molecule has 1 aliphatic heterocycles. The molecule has 0 saturated heterocycles. The van der Waals surface area contributed by atoms with Gasteiger partial charge in [0.15, 0.2) is 0 Å². The molecule has 0 aliphatic carbocycles. The summed E-state index contributed by atoms with van der Waals surface area (Å²) in [5, 5.41) is 0. The molecule has 2 N–H and O–H groups in total. The molecule has 0 bridgehead atoms. The van der Waals surface area contributed by atoms with Crippen LogP contribution in [0, 0.1) is 0 Å². The molecule has 13 heavy (non-hydrogen) atoms. The van der Waals surface area contributed by atoms with Crippen LogP contribution >= 0.6 is 0 Å². The third kappa shape index (κ3) is 1.40. The Labute approximate surface area is 76.2 Å². The van der Waals surface area contributed by atoms with Gasteiger partial charge in [-0.05, 0) is 18.2 Å². The predicted octanol–water partition coefficient (Wildman–Crippen LogP) is 0.927. The zero-order chi connectivity index (χ0) is 9.26. The van der Waals surface area contributed by atoms with Crippen LogP contribution < -0.4 is 5.73 Å². The lowest BCUT2D eigenvalue weighted by atomic mass is 10.2. The Bertz CT molecular complexity index is 399. The molecule has 1 aromatic rings. The summed E-state index contributed by atoms with van der Waals surface area (Å²) in [5.41, 5.74) is 6.76. The van der Waals surface area contributed by atoms with Gasteiger partial charge in [0.25, 0.3) is 0 Å². The van der Waals surface area contributed by atoms with Crippen molar-refractivity contribution in [1.82, 2.24) is 4.57 Å². The van der Waals surface area contributed by atoms with Crippen molar-refractivity contribution in [2.75, 3.05) is 0 Å². The predicted molar refractivity (Wildman–Crippen MR) is 50.7 cm³/mol. The van der Waals surface area contributed by atoms with Crippen molar-refractivity contribution in [3.63, 3.8) is 0 Å². The van der Waals surface area contributed by atoms with Crippen molar-refractivity contribution in [2.24, 2.45) is 5.73 Å². The standard InChI is InChI=1S/C10H10N2O/c11-10(13)8-3-1-5-12-6-2-4-9(12)7-8/h1-4,6-7H,5H2,(H2,11,13). The van der Waals surface area contributed by atoms with Crippen LogP contribution in [-0.2, 0) is 11.3 Å². The monoisotopic (exact) mass is 174 g/mol. The largest absolute Gasteiger partial charge is 0.366 e. The van der Waals surface area contributed by atoms with Gasteiger partial charge in [-0.2, -0.15) is 0 Å². The summed E-state index contributed by atoms with van der Waals surface area (Å²) in [6.07, 6.45) is 7.45. The topological polar surface area (TPSA) is 48.0 Å². The Morgan fingerprint density at radius 2 is 2.38 bits per heavy atom. The Kier molecular flexibility index (Phi) is 1.77. The smallest absolute Gasteiger partial charge is 0.248 e. The van der Waals surface area contributed by atoms with Crippen molar-refractivity contribution < 1.29 is 4.79 Å². The third-order valence-electron chi connectivity index (χ3n) is 2.05. The second-order valence-corrected chi connectivity index (χ2v) is 2.95. The molecule has 0 radical (unpaired) electrons. The first-order valence-corrected chi connectivity index (χ1v) is 4.10. The number of nitrogens with two attached hydrogens (primary N) is 1. The Morgan fingerprint density at radius 3 is 3.15 bits per heavy atom. The molecule has 0 atom stereocenters. The van der Waals surface area contributed by atoms with Crippen molar-refractivity contribution in [2.45, 2.75) is 6.54 Å². The molecule has 0 fully saturated rings. The van der Waals surface area contributed by atoms with Gasteiger partial charge in [0.05, 0.1) is 0 Å². The van der Waals surface area contributed by atoms with Gasteiger partial charge in [0.1, 0.15) is 0 Å². The molecule has 1 aliphatic rings. The molecule has 66 valence electrons. The molecule has 3 nitrogen and oxygen atoms in total. The van der Waals surface area contributed by atoms with Gasteiger partial charge >= 0.3 is 0 Å². The quantitative estimate of drug-likeness (QED) is 0.676. The summed E-state index contributed by atoms with van der Waals surface area (Å²) in [6, 6.07) is 3.90. The number of carbonyl (C=O) groups excluding carboxylic acids is 1. The molecule has 2 rings (SSSR count). The fraction of sp³-hybridized carbons (Fsp3) is 0.100. The Hall–Kier alpha value is -1.77. The zero-order valence-corrected chi connectivity index (χ0v) is 7.10. The second-order valence-electron chi connectivity index (χ2n) is 2.95. The van der Waals surface area contributed by atoms with Gasteiger partial charge in [-0.15, -0.1) is 0 Å². The molecule has 2 heterocycles. The lowest BCUT2D eigenvalue weighted by molar-refractivity contribution is -0.114. The molecule has 1 aromatic heterocycles. The minimum Gasteiger partial charge on any atom is -0.366 e. The molecular formula is C10H10N2O. The van der Waals surface area contributed by atoms with E-state index in [-0.39, 0.29) is 5.91 Å². The number of primary amides is 1. The normalized spacial score (nSPS) is 14.6. The number of amides is 1. The molecule has 0 spiro atoms. The van der Waals surface area contributed by atoms with Gasteiger partial charge in [-0.3, -0.25) is 4.79 Å². The number of hydrogen-bond donors (Lipinski definition) is 1. The Morgan fingerprint density at radius 1 is 1.54 bits per heavy atom. The number of aromatic nitrogens is 1. The van der Waals surface area contributed by atoms with Crippen molar-refractivity contribution in [1.29, 1.82) is 0 Å². The van der Waals surface area contributed by atoms with Crippen LogP contribution in [0.2, 0.25) is 0 Å². The summed E-state index contributed by atoms with van der Waals surface area (Å²) in [5.74, 6) is -0.383.